The highest BCUT2D eigenvalue weighted by Gasteiger charge is 2.12. The van der Waals surface area contributed by atoms with Crippen molar-refractivity contribution in [3.8, 4) is 0 Å². The average Bonchev–Trinajstić information content (AvgIpc) is 2.35. The van der Waals surface area contributed by atoms with E-state index in [4.69, 9.17) is 0 Å². The van der Waals surface area contributed by atoms with Crippen molar-refractivity contribution in [3.63, 3.8) is 0 Å². The summed E-state index contributed by atoms with van der Waals surface area (Å²) in [7, 11) is 5.66. The van der Waals surface area contributed by atoms with Crippen LogP contribution < -0.4 is 10.6 Å². The molecule has 0 radical (unpaired) electrons. The first kappa shape index (κ1) is 15.2. The molecule has 0 spiro atoms. The molecule has 1 aliphatic heterocycles. The van der Waals surface area contributed by atoms with E-state index in [9.17, 15) is 4.79 Å². The van der Waals surface area contributed by atoms with Crippen LogP contribution in [0.2, 0.25) is 0 Å². The summed E-state index contributed by atoms with van der Waals surface area (Å²) < 4.78 is 0. The van der Waals surface area contributed by atoms with E-state index >= 15 is 0 Å². The molecule has 1 heterocycles. The molecule has 18 heavy (non-hydrogen) atoms. The summed E-state index contributed by atoms with van der Waals surface area (Å²) in [6.07, 6.45) is 0. The van der Waals surface area contributed by atoms with E-state index in [1.165, 1.54) is 13.1 Å². The van der Waals surface area contributed by atoms with Crippen molar-refractivity contribution in [3.05, 3.63) is 0 Å². The Morgan fingerprint density at radius 1 is 1.11 bits per heavy atom. The number of piperazine rings is 1. The minimum absolute atomic E-state index is 0.0316. The highest BCUT2D eigenvalue weighted by molar-refractivity contribution is 5.73. The molecule has 0 aliphatic carbocycles. The standard InChI is InChI=1S/C12H27N5O/c1-15(2)12(18)14-5-4-13-6-7-17-10-8-16(3)9-11-17/h13H,4-11H2,1-3H3,(H,14,18). The second-order valence-electron chi connectivity index (χ2n) is 5.02. The molecule has 1 aliphatic rings. The van der Waals surface area contributed by atoms with E-state index in [0.717, 1.165) is 32.7 Å². The molecule has 2 N–H and O–H groups in total. The number of carbonyl (C=O) groups excluding carboxylic acids is 1. The van der Waals surface area contributed by atoms with E-state index < -0.39 is 0 Å². The quantitative estimate of drug-likeness (QED) is 0.605. The normalized spacial score (nSPS) is 17.7. The highest BCUT2D eigenvalue weighted by Crippen LogP contribution is 1.97. The van der Waals surface area contributed by atoms with Crippen LogP contribution in [0.25, 0.3) is 0 Å². The number of amides is 2. The molecule has 1 rings (SSSR count). The van der Waals surface area contributed by atoms with E-state index in [1.54, 1.807) is 19.0 Å². The third kappa shape index (κ3) is 6.18. The SMILES string of the molecule is CN1CCN(CCNCCNC(=O)N(C)C)CC1. The van der Waals surface area contributed by atoms with E-state index in [0.29, 0.717) is 6.54 Å². The van der Waals surface area contributed by atoms with Gasteiger partial charge in [0.1, 0.15) is 0 Å². The van der Waals surface area contributed by atoms with Crippen molar-refractivity contribution in [1.82, 2.24) is 25.3 Å². The van der Waals surface area contributed by atoms with Crippen molar-refractivity contribution in [2.24, 2.45) is 0 Å². The van der Waals surface area contributed by atoms with Crippen molar-refractivity contribution in [2.45, 2.75) is 0 Å². The average molecular weight is 257 g/mol. The molecule has 6 nitrogen and oxygen atoms in total. The van der Waals surface area contributed by atoms with Gasteiger partial charge in [0.25, 0.3) is 0 Å². The van der Waals surface area contributed by atoms with Crippen LogP contribution in [0.1, 0.15) is 0 Å². The smallest absolute Gasteiger partial charge is 0.316 e. The number of nitrogens with zero attached hydrogens (tertiary/aromatic N) is 3. The van der Waals surface area contributed by atoms with Crippen LogP contribution in [0.15, 0.2) is 0 Å². The highest BCUT2D eigenvalue weighted by atomic mass is 16.2. The molecular weight excluding hydrogens is 230 g/mol. The fourth-order valence-corrected chi connectivity index (χ4v) is 1.85. The van der Waals surface area contributed by atoms with Crippen LogP contribution in [0.4, 0.5) is 4.79 Å². The third-order valence-corrected chi connectivity index (χ3v) is 3.18. The van der Waals surface area contributed by atoms with Crippen LogP contribution >= 0.6 is 0 Å². The lowest BCUT2D eigenvalue weighted by molar-refractivity contribution is 0.155. The fourth-order valence-electron chi connectivity index (χ4n) is 1.85. The Labute approximate surface area is 110 Å². The van der Waals surface area contributed by atoms with Gasteiger partial charge in [0, 0.05) is 66.5 Å². The lowest BCUT2D eigenvalue weighted by Gasteiger charge is -2.32. The van der Waals surface area contributed by atoms with Gasteiger partial charge in [0.15, 0.2) is 0 Å². The van der Waals surface area contributed by atoms with Gasteiger partial charge in [-0.2, -0.15) is 0 Å². The predicted octanol–water partition coefficient (Wildman–Crippen LogP) is -0.905. The van der Waals surface area contributed by atoms with Gasteiger partial charge in [-0.15, -0.1) is 0 Å². The molecule has 1 saturated heterocycles. The fraction of sp³-hybridized carbons (Fsp3) is 0.917. The predicted molar refractivity (Wildman–Crippen MR) is 73.9 cm³/mol. The molecule has 0 unspecified atom stereocenters. The Hall–Kier alpha value is -0.850. The van der Waals surface area contributed by atoms with Crippen LogP contribution in [0.3, 0.4) is 0 Å². The summed E-state index contributed by atoms with van der Waals surface area (Å²) in [5, 5.41) is 6.18. The Bertz CT molecular complexity index is 239. The molecule has 6 heteroatoms. The summed E-state index contributed by atoms with van der Waals surface area (Å²) in [6, 6.07) is -0.0316. The minimum Gasteiger partial charge on any atom is -0.337 e. The van der Waals surface area contributed by atoms with Gasteiger partial charge in [-0.3, -0.25) is 4.90 Å². The van der Waals surface area contributed by atoms with E-state index in [-0.39, 0.29) is 6.03 Å². The molecule has 2 amide bonds. The first-order valence-electron chi connectivity index (χ1n) is 6.66. The largest absolute Gasteiger partial charge is 0.337 e. The molecule has 1 fully saturated rings. The Morgan fingerprint density at radius 3 is 2.39 bits per heavy atom. The molecule has 0 bridgehead atoms. The van der Waals surface area contributed by atoms with Crippen molar-refractivity contribution >= 4 is 6.03 Å². The maximum absolute atomic E-state index is 11.2. The summed E-state index contributed by atoms with van der Waals surface area (Å²) >= 11 is 0. The topological polar surface area (TPSA) is 50.9 Å². The lowest BCUT2D eigenvalue weighted by atomic mass is 10.3. The maximum Gasteiger partial charge on any atom is 0.316 e. The molecule has 0 aromatic carbocycles. The first-order chi connectivity index (χ1) is 8.59. The number of likely N-dealkylation sites (N-methyl/N-ethyl adjacent to an activating group) is 1. The molecule has 0 aromatic rings. The second-order valence-corrected chi connectivity index (χ2v) is 5.02. The zero-order valence-electron chi connectivity index (χ0n) is 11.9. The van der Waals surface area contributed by atoms with Gasteiger partial charge < -0.3 is 20.4 Å². The number of nitrogens with one attached hydrogen (secondary N) is 2. The Kier molecular flexibility index (Phi) is 7.00. The van der Waals surface area contributed by atoms with E-state index in [1.807, 2.05) is 0 Å². The molecule has 106 valence electrons. The number of rotatable bonds is 6. The Morgan fingerprint density at radius 2 is 1.78 bits per heavy atom. The summed E-state index contributed by atoms with van der Waals surface area (Å²) in [6.45, 7) is 8.24. The number of urea groups is 1. The van der Waals surface area contributed by atoms with Crippen molar-refractivity contribution in [1.29, 1.82) is 0 Å². The zero-order valence-corrected chi connectivity index (χ0v) is 11.9. The summed E-state index contributed by atoms with van der Waals surface area (Å²) in [4.78, 5) is 17.6. The molecule has 0 aromatic heterocycles. The zero-order chi connectivity index (χ0) is 13.4. The van der Waals surface area contributed by atoms with Gasteiger partial charge in [-0.1, -0.05) is 0 Å². The van der Waals surface area contributed by atoms with Crippen molar-refractivity contribution < 1.29 is 4.79 Å². The van der Waals surface area contributed by atoms with Gasteiger partial charge in [0.05, 0.1) is 0 Å². The van der Waals surface area contributed by atoms with Crippen molar-refractivity contribution in [2.75, 3.05) is 73.5 Å². The van der Waals surface area contributed by atoms with Crippen LogP contribution in [-0.2, 0) is 0 Å². The van der Waals surface area contributed by atoms with Crippen LogP contribution in [0.5, 0.6) is 0 Å². The maximum atomic E-state index is 11.2. The first-order valence-corrected chi connectivity index (χ1v) is 6.66. The van der Waals surface area contributed by atoms with Crippen LogP contribution in [-0.4, -0.2) is 94.2 Å². The molecule has 0 saturated carbocycles. The lowest BCUT2D eigenvalue weighted by Crippen LogP contribution is -2.47. The van der Waals surface area contributed by atoms with Gasteiger partial charge in [-0.05, 0) is 7.05 Å². The second kappa shape index (κ2) is 8.29. The molecular formula is C12H27N5O. The Balaban J connectivity index is 1.91. The summed E-state index contributed by atoms with van der Waals surface area (Å²) in [5.74, 6) is 0. The van der Waals surface area contributed by atoms with Gasteiger partial charge in [-0.25, -0.2) is 4.79 Å². The number of hydrogen-bond acceptors (Lipinski definition) is 4. The van der Waals surface area contributed by atoms with Gasteiger partial charge in [0.2, 0.25) is 0 Å². The van der Waals surface area contributed by atoms with Gasteiger partial charge >= 0.3 is 6.03 Å². The number of hydrogen-bond donors (Lipinski definition) is 2. The van der Waals surface area contributed by atoms with Crippen LogP contribution in [0, 0.1) is 0 Å². The summed E-state index contributed by atoms with van der Waals surface area (Å²) in [5.41, 5.74) is 0. The monoisotopic (exact) mass is 257 g/mol. The third-order valence-electron chi connectivity index (χ3n) is 3.18. The number of carbonyl (C=O) groups is 1. The van der Waals surface area contributed by atoms with E-state index in [2.05, 4.69) is 27.5 Å². The minimum atomic E-state index is -0.0316. The molecule has 0 atom stereocenters.